The van der Waals surface area contributed by atoms with Crippen molar-refractivity contribution in [1.82, 2.24) is 9.80 Å². The Balaban J connectivity index is 1.85. The number of nitrogens with zero attached hydrogens (tertiary/aromatic N) is 2. The summed E-state index contributed by atoms with van der Waals surface area (Å²) in [6.07, 6.45) is 3.96. The molecule has 116 valence electrons. The van der Waals surface area contributed by atoms with Gasteiger partial charge in [0.1, 0.15) is 0 Å². The van der Waals surface area contributed by atoms with E-state index in [-0.39, 0.29) is 6.04 Å². The minimum Gasteiger partial charge on any atom is -0.326 e. The Morgan fingerprint density at radius 2 is 1.95 bits per heavy atom. The van der Waals surface area contributed by atoms with E-state index in [0.29, 0.717) is 6.04 Å². The predicted octanol–water partition coefficient (Wildman–Crippen LogP) is 3.01. The molecule has 2 aliphatic heterocycles. The van der Waals surface area contributed by atoms with Gasteiger partial charge in [-0.05, 0) is 50.9 Å². The minimum absolute atomic E-state index is 0.136. The number of hydrogen-bond acceptors (Lipinski definition) is 3. The number of rotatable bonds is 3. The quantitative estimate of drug-likeness (QED) is 0.908. The van der Waals surface area contributed by atoms with E-state index in [1.54, 1.807) is 0 Å². The van der Waals surface area contributed by atoms with Gasteiger partial charge in [0.2, 0.25) is 0 Å². The lowest BCUT2D eigenvalue weighted by Crippen LogP contribution is -2.44. The molecule has 0 radical (unpaired) electrons. The highest BCUT2D eigenvalue weighted by Crippen LogP contribution is 2.32. The van der Waals surface area contributed by atoms with Crippen LogP contribution in [0.2, 0.25) is 0 Å². The Kier molecular flexibility index (Phi) is 4.99. The molecule has 1 aromatic carbocycles. The Labute approximate surface area is 136 Å². The summed E-state index contributed by atoms with van der Waals surface area (Å²) in [5.74, 6) is 0. The van der Waals surface area contributed by atoms with Crippen LogP contribution in [0.1, 0.15) is 37.8 Å². The maximum atomic E-state index is 6.38. The van der Waals surface area contributed by atoms with Crippen molar-refractivity contribution < 1.29 is 0 Å². The second-order valence-electron chi connectivity index (χ2n) is 6.51. The SMILES string of the molecule is CC(N)C(c1ccccc1Br)N1CCCN2CCCC2C1. The Bertz CT molecular complexity index is 477. The number of hydrogen-bond donors (Lipinski definition) is 1. The highest BCUT2D eigenvalue weighted by atomic mass is 79.9. The Morgan fingerprint density at radius 1 is 1.19 bits per heavy atom. The normalized spacial score (nSPS) is 27.1. The number of nitrogens with two attached hydrogens (primary N) is 1. The van der Waals surface area contributed by atoms with Crippen molar-refractivity contribution in [2.45, 2.75) is 44.3 Å². The van der Waals surface area contributed by atoms with E-state index in [0.717, 1.165) is 19.1 Å². The minimum atomic E-state index is 0.136. The van der Waals surface area contributed by atoms with Crippen molar-refractivity contribution in [2.75, 3.05) is 26.2 Å². The molecule has 4 heteroatoms. The molecule has 2 fully saturated rings. The van der Waals surface area contributed by atoms with Crippen LogP contribution >= 0.6 is 15.9 Å². The van der Waals surface area contributed by atoms with Gasteiger partial charge >= 0.3 is 0 Å². The highest BCUT2D eigenvalue weighted by Gasteiger charge is 2.33. The van der Waals surface area contributed by atoms with Gasteiger partial charge in [-0.3, -0.25) is 9.80 Å². The number of halogens is 1. The van der Waals surface area contributed by atoms with Gasteiger partial charge in [-0.15, -0.1) is 0 Å². The molecule has 2 N–H and O–H groups in total. The zero-order valence-electron chi connectivity index (χ0n) is 12.8. The van der Waals surface area contributed by atoms with Crippen LogP contribution in [0.5, 0.6) is 0 Å². The zero-order valence-corrected chi connectivity index (χ0v) is 14.4. The van der Waals surface area contributed by atoms with Crippen molar-refractivity contribution in [1.29, 1.82) is 0 Å². The highest BCUT2D eigenvalue weighted by molar-refractivity contribution is 9.10. The van der Waals surface area contributed by atoms with Crippen LogP contribution in [0.15, 0.2) is 28.7 Å². The first-order valence-corrected chi connectivity index (χ1v) is 8.94. The van der Waals surface area contributed by atoms with Crippen LogP contribution in [-0.4, -0.2) is 48.1 Å². The molecule has 0 saturated carbocycles. The largest absolute Gasteiger partial charge is 0.326 e. The molecule has 3 unspecified atom stereocenters. The number of benzene rings is 1. The second-order valence-corrected chi connectivity index (χ2v) is 7.36. The van der Waals surface area contributed by atoms with Crippen molar-refractivity contribution in [2.24, 2.45) is 5.73 Å². The molecule has 1 aromatic rings. The van der Waals surface area contributed by atoms with E-state index >= 15 is 0 Å². The Morgan fingerprint density at radius 3 is 2.71 bits per heavy atom. The van der Waals surface area contributed by atoms with Crippen LogP contribution in [-0.2, 0) is 0 Å². The fraction of sp³-hybridized carbons (Fsp3) is 0.647. The summed E-state index contributed by atoms with van der Waals surface area (Å²) >= 11 is 3.72. The van der Waals surface area contributed by atoms with Gasteiger partial charge in [-0.1, -0.05) is 34.1 Å². The van der Waals surface area contributed by atoms with Crippen LogP contribution in [0.25, 0.3) is 0 Å². The maximum Gasteiger partial charge on any atom is 0.0508 e. The molecule has 3 rings (SSSR count). The van der Waals surface area contributed by atoms with Crippen molar-refractivity contribution >= 4 is 15.9 Å². The van der Waals surface area contributed by atoms with Crippen molar-refractivity contribution in [3.63, 3.8) is 0 Å². The summed E-state index contributed by atoms with van der Waals surface area (Å²) in [7, 11) is 0. The van der Waals surface area contributed by atoms with Gasteiger partial charge in [0.15, 0.2) is 0 Å². The van der Waals surface area contributed by atoms with E-state index in [1.165, 1.54) is 42.4 Å². The smallest absolute Gasteiger partial charge is 0.0508 e. The van der Waals surface area contributed by atoms with Crippen molar-refractivity contribution in [3.8, 4) is 0 Å². The third kappa shape index (κ3) is 3.34. The standard InChI is InChI=1S/C17H26BrN3/c1-13(19)17(15-7-2-3-8-16(15)18)21-11-5-10-20-9-4-6-14(20)12-21/h2-3,7-8,13-14,17H,4-6,9-12,19H2,1H3. The van der Waals surface area contributed by atoms with E-state index in [9.17, 15) is 0 Å². The fourth-order valence-corrected chi connectivity index (χ4v) is 4.53. The average Bonchev–Trinajstić information content (AvgIpc) is 2.79. The number of fused-ring (bicyclic) bond motifs is 1. The van der Waals surface area contributed by atoms with Gasteiger partial charge in [0.05, 0.1) is 6.04 Å². The topological polar surface area (TPSA) is 32.5 Å². The first-order valence-electron chi connectivity index (χ1n) is 8.15. The van der Waals surface area contributed by atoms with Gasteiger partial charge < -0.3 is 5.73 Å². The van der Waals surface area contributed by atoms with E-state index < -0.39 is 0 Å². The molecule has 3 nitrogen and oxygen atoms in total. The predicted molar refractivity (Wildman–Crippen MR) is 91.3 cm³/mol. The van der Waals surface area contributed by atoms with E-state index in [4.69, 9.17) is 5.73 Å². The summed E-state index contributed by atoms with van der Waals surface area (Å²) < 4.78 is 1.18. The van der Waals surface area contributed by atoms with Crippen molar-refractivity contribution in [3.05, 3.63) is 34.3 Å². The third-order valence-corrected chi connectivity index (χ3v) is 5.67. The van der Waals surface area contributed by atoms with Crippen LogP contribution in [0.3, 0.4) is 0 Å². The van der Waals surface area contributed by atoms with Gasteiger partial charge in [0.25, 0.3) is 0 Å². The second kappa shape index (κ2) is 6.78. The molecule has 0 spiro atoms. The molecule has 0 aliphatic carbocycles. The molecular formula is C17H26BrN3. The molecular weight excluding hydrogens is 326 g/mol. The maximum absolute atomic E-state index is 6.38. The molecule has 0 bridgehead atoms. The summed E-state index contributed by atoms with van der Waals surface area (Å²) in [5.41, 5.74) is 7.71. The molecule has 2 heterocycles. The lowest BCUT2D eigenvalue weighted by atomic mass is 9.98. The van der Waals surface area contributed by atoms with E-state index in [2.05, 4.69) is 56.9 Å². The monoisotopic (exact) mass is 351 g/mol. The molecule has 3 atom stereocenters. The fourth-order valence-electron chi connectivity index (χ4n) is 4.02. The lowest BCUT2D eigenvalue weighted by molar-refractivity contribution is 0.156. The summed E-state index contributed by atoms with van der Waals surface area (Å²) in [4.78, 5) is 5.30. The molecule has 21 heavy (non-hydrogen) atoms. The summed E-state index contributed by atoms with van der Waals surface area (Å²) in [5, 5.41) is 0. The first kappa shape index (κ1) is 15.5. The molecule has 0 amide bonds. The van der Waals surface area contributed by atoms with E-state index in [1.807, 2.05) is 0 Å². The van der Waals surface area contributed by atoms with Crippen LogP contribution in [0, 0.1) is 0 Å². The summed E-state index contributed by atoms with van der Waals surface area (Å²) in [6.45, 7) is 6.99. The first-order chi connectivity index (χ1) is 10.2. The summed E-state index contributed by atoms with van der Waals surface area (Å²) in [6, 6.07) is 9.72. The van der Waals surface area contributed by atoms with Gasteiger partial charge in [-0.2, -0.15) is 0 Å². The average molecular weight is 352 g/mol. The lowest BCUT2D eigenvalue weighted by Gasteiger charge is -2.36. The molecule has 2 aliphatic rings. The van der Waals surface area contributed by atoms with Crippen LogP contribution in [0.4, 0.5) is 0 Å². The Hall–Kier alpha value is -0.420. The van der Waals surface area contributed by atoms with Gasteiger partial charge in [0, 0.05) is 29.6 Å². The van der Waals surface area contributed by atoms with Gasteiger partial charge in [-0.25, -0.2) is 0 Å². The molecule has 0 aromatic heterocycles. The van der Waals surface area contributed by atoms with Crippen LogP contribution < -0.4 is 5.73 Å². The third-order valence-electron chi connectivity index (χ3n) is 4.95. The zero-order chi connectivity index (χ0) is 14.8. The molecule has 2 saturated heterocycles.